The summed E-state index contributed by atoms with van der Waals surface area (Å²) in [7, 11) is 1.64. The number of aromatic nitrogens is 2. The second-order valence-electron chi connectivity index (χ2n) is 4.80. The summed E-state index contributed by atoms with van der Waals surface area (Å²) < 4.78 is 5.12. The SMILES string of the molecule is COc1ccc(Cc2nc(C(C)C)cc(=O)[nH]2)cc1. The van der Waals surface area contributed by atoms with Crippen molar-refractivity contribution in [3.8, 4) is 5.75 Å². The van der Waals surface area contributed by atoms with E-state index in [0.717, 1.165) is 17.0 Å². The Hall–Kier alpha value is -2.10. The molecule has 1 N–H and O–H groups in total. The molecule has 0 amide bonds. The van der Waals surface area contributed by atoms with Crippen molar-refractivity contribution in [1.29, 1.82) is 0 Å². The third-order valence-electron chi connectivity index (χ3n) is 2.93. The average Bonchev–Trinajstić information content (AvgIpc) is 2.39. The maximum absolute atomic E-state index is 11.6. The number of H-pyrrole nitrogens is 1. The van der Waals surface area contributed by atoms with Crippen LogP contribution in [-0.2, 0) is 6.42 Å². The van der Waals surface area contributed by atoms with E-state index in [1.807, 2.05) is 38.1 Å². The highest BCUT2D eigenvalue weighted by atomic mass is 16.5. The zero-order valence-corrected chi connectivity index (χ0v) is 11.4. The van der Waals surface area contributed by atoms with Crippen molar-refractivity contribution < 1.29 is 4.74 Å². The standard InChI is InChI=1S/C15H18N2O2/c1-10(2)13-9-15(18)17-14(16-13)8-11-4-6-12(19-3)7-5-11/h4-7,9-10H,8H2,1-3H3,(H,16,17,18). The summed E-state index contributed by atoms with van der Waals surface area (Å²) in [5.41, 5.74) is 1.82. The van der Waals surface area contributed by atoms with E-state index in [1.165, 1.54) is 0 Å². The number of rotatable bonds is 4. The topological polar surface area (TPSA) is 55.0 Å². The molecule has 0 saturated carbocycles. The summed E-state index contributed by atoms with van der Waals surface area (Å²) in [6, 6.07) is 9.31. The average molecular weight is 258 g/mol. The Morgan fingerprint density at radius 1 is 1.26 bits per heavy atom. The van der Waals surface area contributed by atoms with Gasteiger partial charge in [0.15, 0.2) is 0 Å². The van der Waals surface area contributed by atoms with Gasteiger partial charge in [-0.05, 0) is 23.6 Å². The lowest BCUT2D eigenvalue weighted by Gasteiger charge is -2.07. The number of nitrogens with zero attached hydrogens (tertiary/aromatic N) is 1. The van der Waals surface area contributed by atoms with Gasteiger partial charge in [0.2, 0.25) is 0 Å². The molecule has 1 aromatic heterocycles. The normalized spacial score (nSPS) is 10.7. The second kappa shape index (κ2) is 5.69. The van der Waals surface area contributed by atoms with Gasteiger partial charge in [0.25, 0.3) is 5.56 Å². The molecule has 19 heavy (non-hydrogen) atoms. The number of nitrogens with one attached hydrogen (secondary N) is 1. The van der Waals surface area contributed by atoms with E-state index in [2.05, 4.69) is 9.97 Å². The monoisotopic (exact) mass is 258 g/mol. The van der Waals surface area contributed by atoms with Gasteiger partial charge < -0.3 is 9.72 Å². The Bertz CT molecular complexity index is 600. The summed E-state index contributed by atoms with van der Waals surface area (Å²) >= 11 is 0. The molecule has 4 heteroatoms. The van der Waals surface area contributed by atoms with E-state index >= 15 is 0 Å². The summed E-state index contributed by atoms with van der Waals surface area (Å²) in [4.78, 5) is 18.9. The second-order valence-corrected chi connectivity index (χ2v) is 4.80. The number of ether oxygens (including phenoxy) is 1. The smallest absolute Gasteiger partial charge is 0.251 e. The van der Waals surface area contributed by atoms with Crippen LogP contribution < -0.4 is 10.3 Å². The van der Waals surface area contributed by atoms with Gasteiger partial charge in [-0.3, -0.25) is 4.79 Å². The molecule has 1 heterocycles. The van der Waals surface area contributed by atoms with Crippen LogP contribution in [0.2, 0.25) is 0 Å². The number of benzene rings is 1. The van der Waals surface area contributed by atoms with Gasteiger partial charge >= 0.3 is 0 Å². The molecule has 0 aliphatic heterocycles. The van der Waals surface area contributed by atoms with E-state index in [9.17, 15) is 4.79 Å². The number of methoxy groups -OCH3 is 1. The minimum atomic E-state index is -0.0952. The van der Waals surface area contributed by atoms with Crippen LogP contribution in [0, 0.1) is 0 Å². The van der Waals surface area contributed by atoms with Gasteiger partial charge in [0.05, 0.1) is 12.8 Å². The summed E-state index contributed by atoms with van der Waals surface area (Å²) in [6.07, 6.45) is 0.611. The lowest BCUT2D eigenvalue weighted by atomic mass is 10.1. The summed E-state index contributed by atoms with van der Waals surface area (Å²) in [5.74, 6) is 1.76. The van der Waals surface area contributed by atoms with Crippen molar-refractivity contribution in [1.82, 2.24) is 9.97 Å². The summed E-state index contributed by atoms with van der Waals surface area (Å²) in [6.45, 7) is 4.05. The van der Waals surface area contributed by atoms with E-state index in [-0.39, 0.29) is 11.5 Å². The molecule has 0 bridgehead atoms. The molecule has 0 saturated heterocycles. The maximum Gasteiger partial charge on any atom is 0.251 e. The lowest BCUT2D eigenvalue weighted by molar-refractivity contribution is 0.414. The summed E-state index contributed by atoms with van der Waals surface area (Å²) in [5, 5.41) is 0. The van der Waals surface area contributed by atoms with Crippen LogP contribution in [0.1, 0.15) is 36.8 Å². The first kappa shape index (κ1) is 13.3. The third kappa shape index (κ3) is 3.44. The largest absolute Gasteiger partial charge is 0.497 e. The molecule has 0 aliphatic carbocycles. The molecule has 2 rings (SSSR count). The molecule has 2 aromatic rings. The highest BCUT2D eigenvalue weighted by Crippen LogP contribution is 2.14. The van der Waals surface area contributed by atoms with Crippen molar-refractivity contribution in [2.24, 2.45) is 0 Å². The molecule has 0 unspecified atom stereocenters. The number of aromatic amines is 1. The van der Waals surface area contributed by atoms with Crippen molar-refractivity contribution in [3.05, 3.63) is 57.8 Å². The van der Waals surface area contributed by atoms with Crippen LogP contribution in [-0.4, -0.2) is 17.1 Å². The van der Waals surface area contributed by atoms with Crippen molar-refractivity contribution in [2.75, 3.05) is 7.11 Å². The van der Waals surface area contributed by atoms with Gasteiger partial charge in [-0.15, -0.1) is 0 Å². The Kier molecular flexibility index (Phi) is 4.00. The Morgan fingerprint density at radius 3 is 2.53 bits per heavy atom. The highest BCUT2D eigenvalue weighted by molar-refractivity contribution is 5.29. The van der Waals surface area contributed by atoms with Crippen LogP contribution in [0.4, 0.5) is 0 Å². The zero-order chi connectivity index (χ0) is 13.8. The van der Waals surface area contributed by atoms with Gasteiger partial charge in [-0.1, -0.05) is 26.0 Å². The van der Waals surface area contributed by atoms with Gasteiger partial charge in [0.1, 0.15) is 11.6 Å². The predicted octanol–water partition coefficient (Wildman–Crippen LogP) is 2.49. The molecule has 100 valence electrons. The first-order chi connectivity index (χ1) is 9.08. The van der Waals surface area contributed by atoms with Crippen LogP contribution in [0.5, 0.6) is 5.75 Å². The Labute approximate surface area is 112 Å². The Balaban J connectivity index is 2.24. The van der Waals surface area contributed by atoms with Crippen LogP contribution in [0.25, 0.3) is 0 Å². The first-order valence-electron chi connectivity index (χ1n) is 6.31. The highest BCUT2D eigenvalue weighted by Gasteiger charge is 2.06. The van der Waals surface area contributed by atoms with Crippen LogP contribution in [0.15, 0.2) is 35.1 Å². The molecule has 0 radical (unpaired) electrons. The number of hydrogen-bond donors (Lipinski definition) is 1. The molecule has 0 aliphatic rings. The van der Waals surface area contributed by atoms with Crippen molar-refractivity contribution in [2.45, 2.75) is 26.2 Å². The van der Waals surface area contributed by atoms with Gasteiger partial charge in [-0.2, -0.15) is 0 Å². The van der Waals surface area contributed by atoms with Gasteiger partial charge in [-0.25, -0.2) is 4.98 Å². The van der Waals surface area contributed by atoms with Crippen LogP contribution >= 0.6 is 0 Å². The third-order valence-corrected chi connectivity index (χ3v) is 2.93. The van der Waals surface area contributed by atoms with E-state index in [4.69, 9.17) is 4.74 Å². The van der Waals surface area contributed by atoms with E-state index < -0.39 is 0 Å². The first-order valence-corrected chi connectivity index (χ1v) is 6.31. The van der Waals surface area contributed by atoms with E-state index in [0.29, 0.717) is 12.2 Å². The molecule has 1 aromatic carbocycles. The lowest BCUT2D eigenvalue weighted by Crippen LogP contribution is -2.13. The molecular formula is C15H18N2O2. The van der Waals surface area contributed by atoms with Crippen LogP contribution in [0.3, 0.4) is 0 Å². The predicted molar refractivity (Wildman–Crippen MR) is 74.7 cm³/mol. The molecule has 4 nitrogen and oxygen atoms in total. The maximum atomic E-state index is 11.6. The fourth-order valence-electron chi connectivity index (χ4n) is 1.84. The van der Waals surface area contributed by atoms with Gasteiger partial charge in [0, 0.05) is 12.5 Å². The molecule has 0 atom stereocenters. The Morgan fingerprint density at radius 2 is 1.95 bits per heavy atom. The molecule has 0 spiro atoms. The van der Waals surface area contributed by atoms with Crippen molar-refractivity contribution in [3.63, 3.8) is 0 Å². The fraction of sp³-hybridized carbons (Fsp3) is 0.333. The number of hydrogen-bond acceptors (Lipinski definition) is 3. The molecular weight excluding hydrogens is 240 g/mol. The van der Waals surface area contributed by atoms with Crippen molar-refractivity contribution >= 4 is 0 Å². The molecule has 0 fully saturated rings. The minimum Gasteiger partial charge on any atom is -0.497 e. The minimum absolute atomic E-state index is 0.0952. The zero-order valence-electron chi connectivity index (χ0n) is 11.4. The van der Waals surface area contributed by atoms with E-state index in [1.54, 1.807) is 13.2 Å². The fourth-order valence-corrected chi connectivity index (χ4v) is 1.84. The quantitative estimate of drug-likeness (QED) is 0.916.